The van der Waals surface area contributed by atoms with E-state index in [4.69, 9.17) is 5.73 Å². The Morgan fingerprint density at radius 1 is 1.33 bits per heavy atom. The lowest BCUT2D eigenvalue weighted by molar-refractivity contribution is 0.168. The molecule has 2 rings (SSSR count). The Balaban J connectivity index is 2.08. The van der Waals surface area contributed by atoms with Crippen molar-refractivity contribution in [1.82, 2.24) is 9.97 Å². The number of nitrogens with one attached hydrogen (secondary N) is 1. The van der Waals surface area contributed by atoms with Gasteiger partial charge in [-0.15, -0.1) is 0 Å². The van der Waals surface area contributed by atoms with Crippen molar-refractivity contribution >= 4 is 5.82 Å². The van der Waals surface area contributed by atoms with Crippen molar-refractivity contribution in [2.45, 2.75) is 51.2 Å². The minimum atomic E-state index is -0.516. The van der Waals surface area contributed by atoms with Gasteiger partial charge < -0.3 is 16.2 Å². The summed E-state index contributed by atoms with van der Waals surface area (Å²) >= 11 is 0. The summed E-state index contributed by atoms with van der Waals surface area (Å²) in [7, 11) is 0. The predicted molar refractivity (Wildman–Crippen MR) is 71.4 cm³/mol. The Labute approximate surface area is 108 Å². The number of aryl methyl sites for hydroxylation is 1. The van der Waals surface area contributed by atoms with Gasteiger partial charge in [0, 0.05) is 23.8 Å². The van der Waals surface area contributed by atoms with Gasteiger partial charge in [-0.25, -0.2) is 9.97 Å². The summed E-state index contributed by atoms with van der Waals surface area (Å²) in [5.41, 5.74) is 8.21. The van der Waals surface area contributed by atoms with E-state index < -0.39 is 6.10 Å². The molecule has 1 aliphatic rings. The van der Waals surface area contributed by atoms with E-state index in [9.17, 15) is 5.11 Å². The lowest BCUT2D eigenvalue weighted by atomic mass is 10.1. The summed E-state index contributed by atoms with van der Waals surface area (Å²) in [6.45, 7) is 2.23. The fourth-order valence-corrected chi connectivity index (χ4v) is 2.24. The molecule has 2 unspecified atom stereocenters. The maximum Gasteiger partial charge on any atom is 0.132 e. The highest BCUT2D eigenvalue weighted by molar-refractivity contribution is 5.46. The van der Waals surface area contributed by atoms with Gasteiger partial charge in [-0.05, 0) is 32.6 Å². The Kier molecular flexibility index (Phi) is 4.49. The molecule has 0 bridgehead atoms. The molecule has 0 aromatic carbocycles. The van der Waals surface area contributed by atoms with Crippen LogP contribution in [-0.2, 0) is 12.8 Å². The second-order valence-corrected chi connectivity index (χ2v) is 4.99. The van der Waals surface area contributed by atoms with Gasteiger partial charge >= 0.3 is 0 Å². The fourth-order valence-electron chi connectivity index (χ4n) is 2.24. The highest BCUT2D eigenvalue weighted by Gasteiger charge is 2.15. The van der Waals surface area contributed by atoms with Crippen molar-refractivity contribution in [1.29, 1.82) is 0 Å². The van der Waals surface area contributed by atoms with Crippen molar-refractivity contribution in [3.05, 3.63) is 17.6 Å². The smallest absolute Gasteiger partial charge is 0.132 e. The van der Waals surface area contributed by atoms with Crippen LogP contribution in [0.25, 0.3) is 0 Å². The second-order valence-electron chi connectivity index (χ2n) is 4.99. The molecule has 0 amide bonds. The number of nitrogens with zero attached hydrogens (tertiary/aromatic N) is 2. The maximum absolute atomic E-state index is 9.38. The van der Waals surface area contributed by atoms with E-state index in [-0.39, 0.29) is 6.04 Å². The van der Waals surface area contributed by atoms with Crippen LogP contribution < -0.4 is 11.1 Å². The number of anilines is 1. The molecule has 0 aliphatic heterocycles. The van der Waals surface area contributed by atoms with Gasteiger partial charge in [-0.2, -0.15) is 0 Å². The van der Waals surface area contributed by atoms with E-state index in [2.05, 4.69) is 15.3 Å². The quantitative estimate of drug-likeness (QED) is 0.690. The van der Waals surface area contributed by atoms with Crippen LogP contribution in [0.5, 0.6) is 0 Å². The number of nitrogens with two attached hydrogens (primary N) is 1. The molecule has 1 aromatic heterocycles. The molecule has 0 radical (unpaired) electrons. The van der Waals surface area contributed by atoms with Gasteiger partial charge in [0.15, 0.2) is 0 Å². The maximum atomic E-state index is 9.38. The summed E-state index contributed by atoms with van der Waals surface area (Å²) in [6.07, 6.45) is 6.81. The monoisotopic (exact) mass is 250 g/mol. The number of aliphatic hydroxyl groups excluding tert-OH is 1. The number of aliphatic hydroxyl groups is 1. The molecule has 1 aliphatic carbocycles. The molecule has 0 spiro atoms. The van der Waals surface area contributed by atoms with Gasteiger partial charge in [-0.3, -0.25) is 0 Å². The molecule has 1 aromatic rings. The van der Waals surface area contributed by atoms with Crippen LogP contribution in [-0.4, -0.2) is 33.8 Å². The summed E-state index contributed by atoms with van der Waals surface area (Å²) in [6, 6.07) is -0.276. The van der Waals surface area contributed by atoms with Crippen molar-refractivity contribution in [3.63, 3.8) is 0 Å². The van der Waals surface area contributed by atoms with E-state index in [1.54, 1.807) is 13.3 Å². The lowest BCUT2D eigenvalue weighted by Crippen LogP contribution is -2.39. The van der Waals surface area contributed by atoms with E-state index in [0.29, 0.717) is 6.54 Å². The molecule has 4 N–H and O–H groups in total. The van der Waals surface area contributed by atoms with Crippen LogP contribution in [0.3, 0.4) is 0 Å². The first-order valence-electron chi connectivity index (χ1n) is 6.68. The first kappa shape index (κ1) is 13.2. The molecule has 2 atom stereocenters. The second kappa shape index (κ2) is 6.11. The van der Waals surface area contributed by atoms with Gasteiger partial charge in [0.1, 0.15) is 12.1 Å². The summed E-state index contributed by atoms with van der Waals surface area (Å²) in [5.74, 6) is 0.887. The number of hydrogen-bond acceptors (Lipinski definition) is 5. The van der Waals surface area contributed by atoms with Gasteiger partial charge in [0.25, 0.3) is 0 Å². The predicted octanol–water partition coefficient (Wildman–Crippen LogP) is 0.865. The molecule has 0 saturated carbocycles. The van der Waals surface area contributed by atoms with Crippen LogP contribution in [0.4, 0.5) is 5.82 Å². The van der Waals surface area contributed by atoms with Gasteiger partial charge in [0.2, 0.25) is 0 Å². The standard InChI is InChI=1S/C13H22N4O/c1-9(18)11(14)7-15-13-10-5-3-2-4-6-12(10)16-8-17-13/h8-9,11,18H,2-7,14H2,1H3,(H,15,16,17). The Morgan fingerprint density at radius 2 is 2.11 bits per heavy atom. The third kappa shape index (κ3) is 3.17. The first-order valence-corrected chi connectivity index (χ1v) is 6.68. The topological polar surface area (TPSA) is 84.1 Å². The molecule has 0 fully saturated rings. The summed E-state index contributed by atoms with van der Waals surface area (Å²) < 4.78 is 0. The van der Waals surface area contributed by atoms with Crippen LogP contribution in [0, 0.1) is 0 Å². The number of fused-ring (bicyclic) bond motifs is 1. The van der Waals surface area contributed by atoms with Crippen LogP contribution in [0.1, 0.15) is 37.4 Å². The molecule has 18 heavy (non-hydrogen) atoms. The molecular formula is C13H22N4O. The van der Waals surface area contributed by atoms with E-state index in [0.717, 1.165) is 24.4 Å². The average molecular weight is 250 g/mol. The molecular weight excluding hydrogens is 228 g/mol. The van der Waals surface area contributed by atoms with Crippen LogP contribution in [0.15, 0.2) is 6.33 Å². The lowest BCUT2D eigenvalue weighted by Gasteiger charge is -2.17. The van der Waals surface area contributed by atoms with Crippen molar-refractivity contribution in [3.8, 4) is 0 Å². The highest BCUT2D eigenvalue weighted by atomic mass is 16.3. The Bertz CT molecular complexity index is 395. The van der Waals surface area contributed by atoms with E-state index in [1.807, 2.05) is 0 Å². The van der Waals surface area contributed by atoms with Crippen molar-refractivity contribution < 1.29 is 5.11 Å². The Hall–Kier alpha value is -1.20. The normalized spacial score (nSPS) is 18.6. The molecule has 0 saturated heterocycles. The molecule has 1 heterocycles. The Morgan fingerprint density at radius 3 is 2.89 bits per heavy atom. The van der Waals surface area contributed by atoms with Crippen molar-refractivity contribution in [2.24, 2.45) is 5.73 Å². The zero-order valence-corrected chi connectivity index (χ0v) is 10.9. The number of hydrogen-bond donors (Lipinski definition) is 3. The third-order valence-corrected chi connectivity index (χ3v) is 3.50. The highest BCUT2D eigenvalue weighted by Crippen LogP contribution is 2.23. The molecule has 5 heteroatoms. The SMILES string of the molecule is CC(O)C(N)CNc1ncnc2c1CCCCC2. The fraction of sp³-hybridized carbons (Fsp3) is 0.692. The molecule has 5 nitrogen and oxygen atoms in total. The van der Waals surface area contributed by atoms with Crippen molar-refractivity contribution in [2.75, 3.05) is 11.9 Å². The zero-order chi connectivity index (χ0) is 13.0. The summed E-state index contributed by atoms with van der Waals surface area (Å²) in [4.78, 5) is 8.68. The van der Waals surface area contributed by atoms with E-state index in [1.165, 1.54) is 24.8 Å². The molecule has 100 valence electrons. The average Bonchev–Trinajstić information content (AvgIpc) is 2.61. The van der Waals surface area contributed by atoms with Crippen LogP contribution >= 0.6 is 0 Å². The summed E-state index contributed by atoms with van der Waals surface area (Å²) in [5, 5.41) is 12.6. The van der Waals surface area contributed by atoms with Gasteiger partial charge in [-0.1, -0.05) is 6.42 Å². The zero-order valence-electron chi connectivity index (χ0n) is 10.9. The van der Waals surface area contributed by atoms with Gasteiger partial charge in [0.05, 0.1) is 6.10 Å². The first-order chi connectivity index (χ1) is 8.68. The third-order valence-electron chi connectivity index (χ3n) is 3.50. The van der Waals surface area contributed by atoms with Crippen LogP contribution in [0.2, 0.25) is 0 Å². The van der Waals surface area contributed by atoms with E-state index >= 15 is 0 Å². The minimum Gasteiger partial charge on any atom is -0.392 e. The number of aromatic nitrogens is 2. The number of rotatable bonds is 4. The minimum absolute atomic E-state index is 0.276. The largest absolute Gasteiger partial charge is 0.392 e.